The molecule has 0 amide bonds. The predicted octanol–water partition coefficient (Wildman–Crippen LogP) is 2.05. The molecule has 3 nitrogen and oxygen atoms in total. The number of aryl methyl sites for hydroxylation is 1. The van der Waals surface area contributed by atoms with Gasteiger partial charge in [-0.1, -0.05) is 0 Å². The summed E-state index contributed by atoms with van der Waals surface area (Å²) in [5, 5.41) is 3.62. The van der Waals surface area contributed by atoms with E-state index in [1.807, 2.05) is 18.3 Å². The van der Waals surface area contributed by atoms with Crippen molar-refractivity contribution in [1.82, 2.24) is 10.3 Å². The molecule has 0 radical (unpaired) electrons. The van der Waals surface area contributed by atoms with E-state index in [0.29, 0.717) is 18.2 Å². The molecule has 3 heteroatoms. The molecule has 2 aliphatic rings. The molecule has 86 valence electrons. The van der Waals surface area contributed by atoms with Gasteiger partial charge in [-0.05, 0) is 44.2 Å². The molecule has 0 saturated carbocycles. The second-order valence-electron chi connectivity index (χ2n) is 5.02. The average Bonchev–Trinajstić information content (AvgIpc) is 2.58. The Hall–Kier alpha value is -1.09. The minimum atomic E-state index is 0.355. The molecule has 2 unspecified atom stereocenters. The Bertz CT molecular complexity index is 368. The molecule has 3 rings (SSSR count). The van der Waals surface area contributed by atoms with Crippen LogP contribution in [0.3, 0.4) is 0 Å². The highest BCUT2D eigenvalue weighted by Crippen LogP contribution is 2.29. The van der Waals surface area contributed by atoms with Gasteiger partial charge >= 0.3 is 0 Å². The maximum atomic E-state index is 5.97. The number of fused-ring (bicyclic) bond motifs is 2. The molecule has 2 atom stereocenters. The summed E-state index contributed by atoms with van der Waals surface area (Å²) in [6.07, 6.45) is 7.06. The van der Waals surface area contributed by atoms with Gasteiger partial charge in [0.15, 0.2) is 0 Å². The molecule has 1 aromatic rings. The first-order valence-corrected chi connectivity index (χ1v) is 6.15. The van der Waals surface area contributed by atoms with E-state index in [2.05, 4.69) is 17.2 Å². The highest BCUT2D eigenvalue weighted by molar-refractivity contribution is 5.19. The Kier molecular flexibility index (Phi) is 2.56. The van der Waals surface area contributed by atoms with Crippen molar-refractivity contribution in [3.63, 3.8) is 0 Å². The van der Waals surface area contributed by atoms with Crippen molar-refractivity contribution < 1.29 is 4.74 Å². The van der Waals surface area contributed by atoms with Gasteiger partial charge in [0.2, 0.25) is 5.88 Å². The predicted molar refractivity (Wildman–Crippen MR) is 62.6 cm³/mol. The minimum absolute atomic E-state index is 0.355. The Morgan fingerprint density at radius 3 is 2.75 bits per heavy atom. The number of aromatic nitrogens is 1. The maximum absolute atomic E-state index is 5.97. The molecule has 2 fully saturated rings. The molecule has 2 bridgehead atoms. The fourth-order valence-corrected chi connectivity index (χ4v) is 2.84. The Morgan fingerprint density at radius 1 is 1.31 bits per heavy atom. The normalized spacial score (nSPS) is 32.7. The summed E-state index contributed by atoms with van der Waals surface area (Å²) in [7, 11) is 0. The van der Waals surface area contributed by atoms with Crippen molar-refractivity contribution in [2.75, 3.05) is 0 Å². The summed E-state index contributed by atoms with van der Waals surface area (Å²) in [4.78, 5) is 4.26. The van der Waals surface area contributed by atoms with Crippen LogP contribution in [-0.2, 0) is 0 Å². The van der Waals surface area contributed by atoms with Crippen LogP contribution in [0, 0.1) is 6.92 Å². The SMILES string of the molecule is Cc1ccnc(OC2CC3CCC(C2)N3)c1. The van der Waals surface area contributed by atoms with E-state index in [1.54, 1.807) is 0 Å². The van der Waals surface area contributed by atoms with E-state index in [-0.39, 0.29) is 0 Å². The Morgan fingerprint density at radius 2 is 2.06 bits per heavy atom. The van der Waals surface area contributed by atoms with Gasteiger partial charge in [-0.3, -0.25) is 0 Å². The van der Waals surface area contributed by atoms with Crippen LogP contribution in [0.2, 0.25) is 0 Å². The standard InChI is InChI=1S/C13H18N2O/c1-9-4-5-14-13(6-9)16-12-7-10-2-3-11(8-12)15-10/h4-6,10-12,15H,2-3,7-8H2,1H3. The van der Waals surface area contributed by atoms with Crippen molar-refractivity contribution in [2.45, 2.75) is 50.8 Å². The van der Waals surface area contributed by atoms with E-state index < -0.39 is 0 Å². The molecule has 0 spiro atoms. The molecule has 1 N–H and O–H groups in total. The molecular weight excluding hydrogens is 200 g/mol. The van der Waals surface area contributed by atoms with Gasteiger partial charge in [0.1, 0.15) is 6.10 Å². The Labute approximate surface area is 96.2 Å². The number of ether oxygens (including phenoxy) is 1. The zero-order chi connectivity index (χ0) is 11.0. The fourth-order valence-electron chi connectivity index (χ4n) is 2.84. The first-order valence-electron chi connectivity index (χ1n) is 6.15. The van der Waals surface area contributed by atoms with E-state index in [4.69, 9.17) is 4.74 Å². The summed E-state index contributed by atoms with van der Waals surface area (Å²) >= 11 is 0. The van der Waals surface area contributed by atoms with Gasteiger partial charge in [0, 0.05) is 24.3 Å². The van der Waals surface area contributed by atoms with Gasteiger partial charge < -0.3 is 10.1 Å². The summed E-state index contributed by atoms with van der Waals surface area (Å²) in [5.41, 5.74) is 1.21. The maximum Gasteiger partial charge on any atom is 0.213 e. The molecule has 16 heavy (non-hydrogen) atoms. The molecular formula is C13H18N2O. The monoisotopic (exact) mass is 218 g/mol. The van der Waals surface area contributed by atoms with Crippen LogP contribution in [0.1, 0.15) is 31.2 Å². The first kappa shape index (κ1) is 10.1. The van der Waals surface area contributed by atoms with Crippen LogP contribution in [0.5, 0.6) is 5.88 Å². The molecule has 3 heterocycles. The number of nitrogens with zero attached hydrogens (tertiary/aromatic N) is 1. The Balaban J connectivity index is 1.67. The van der Waals surface area contributed by atoms with E-state index in [9.17, 15) is 0 Å². The van der Waals surface area contributed by atoms with Gasteiger partial charge in [0.25, 0.3) is 0 Å². The van der Waals surface area contributed by atoms with Crippen molar-refractivity contribution in [2.24, 2.45) is 0 Å². The van der Waals surface area contributed by atoms with Gasteiger partial charge in [-0.25, -0.2) is 4.98 Å². The number of pyridine rings is 1. The summed E-state index contributed by atoms with van der Waals surface area (Å²) in [5.74, 6) is 0.784. The number of hydrogen-bond donors (Lipinski definition) is 1. The summed E-state index contributed by atoms with van der Waals surface area (Å²) in [6.45, 7) is 2.07. The molecule has 0 aromatic carbocycles. The molecule has 2 aliphatic heterocycles. The lowest BCUT2D eigenvalue weighted by Crippen LogP contribution is -2.42. The molecule has 2 saturated heterocycles. The van der Waals surface area contributed by atoms with Crippen LogP contribution in [0.25, 0.3) is 0 Å². The summed E-state index contributed by atoms with van der Waals surface area (Å²) in [6, 6.07) is 5.37. The number of nitrogens with one attached hydrogen (secondary N) is 1. The zero-order valence-electron chi connectivity index (χ0n) is 9.65. The smallest absolute Gasteiger partial charge is 0.213 e. The van der Waals surface area contributed by atoms with Gasteiger partial charge in [0.05, 0.1) is 0 Å². The molecule has 0 aliphatic carbocycles. The van der Waals surface area contributed by atoms with Crippen LogP contribution >= 0.6 is 0 Å². The van der Waals surface area contributed by atoms with E-state index in [0.717, 1.165) is 18.7 Å². The third-order valence-electron chi connectivity index (χ3n) is 3.61. The third-order valence-corrected chi connectivity index (χ3v) is 3.61. The summed E-state index contributed by atoms with van der Waals surface area (Å²) < 4.78 is 5.97. The lowest BCUT2D eigenvalue weighted by molar-refractivity contribution is 0.132. The second-order valence-corrected chi connectivity index (χ2v) is 5.02. The fraction of sp³-hybridized carbons (Fsp3) is 0.615. The number of piperidine rings is 1. The van der Waals surface area contributed by atoms with Crippen molar-refractivity contribution >= 4 is 0 Å². The van der Waals surface area contributed by atoms with E-state index >= 15 is 0 Å². The first-order chi connectivity index (χ1) is 7.79. The van der Waals surface area contributed by atoms with Gasteiger partial charge in [-0.2, -0.15) is 0 Å². The van der Waals surface area contributed by atoms with E-state index in [1.165, 1.54) is 18.4 Å². The largest absolute Gasteiger partial charge is 0.474 e. The number of rotatable bonds is 2. The van der Waals surface area contributed by atoms with Crippen molar-refractivity contribution in [3.8, 4) is 5.88 Å². The lowest BCUT2D eigenvalue weighted by atomic mass is 10.0. The van der Waals surface area contributed by atoms with Crippen LogP contribution in [-0.4, -0.2) is 23.2 Å². The average molecular weight is 218 g/mol. The van der Waals surface area contributed by atoms with Crippen LogP contribution in [0.15, 0.2) is 18.3 Å². The van der Waals surface area contributed by atoms with Crippen LogP contribution < -0.4 is 10.1 Å². The second kappa shape index (κ2) is 4.06. The zero-order valence-corrected chi connectivity index (χ0v) is 9.65. The highest BCUT2D eigenvalue weighted by atomic mass is 16.5. The number of hydrogen-bond acceptors (Lipinski definition) is 3. The quantitative estimate of drug-likeness (QED) is 0.825. The van der Waals surface area contributed by atoms with Gasteiger partial charge in [-0.15, -0.1) is 0 Å². The topological polar surface area (TPSA) is 34.1 Å². The minimum Gasteiger partial charge on any atom is -0.474 e. The third kappa shape index (κ3) is 2.05. The van der Waals surface area contributed by atoms with Crippen LogP contribution in [0.4, 0.5) is 0 Å². The van der Waals surface area contributed by atoms with Crippen molar-refractivity contribution in [3.05, 3.63) is 23.9 Å². The highest BCUT2D eigenvalue weighted by Gasteiger charge is 2.34. The van der Waals surface area contributed by atoms with Crippen molar-refractivity contribution in [1.29, 1.82) is 0 Å². The lowest BCUT2D eigenvalue weighted by Gasteiger charge is -2.29. The molecule has 1 aromatic heterocycles.